The number of hydrogen-bond donors (Lipinski definition) is 0. The molecule has 0 N–H and O–H groups in total. The predicted molar refractivity (Wildman–Crippen MR) is 119 cm³/mol. The van der Waals surface area contributed by atoms with Crippen molar-refractivity contribution in [3.05, 3.63) is 88.7 Å². The molecule has 31 heavy (non-hydrogen) atoms. The Morgan fingerprint density at radius 1 is 0.806 bits per heavy atom. The van der Waals surface area contributed by atoms with Gasteiger partial charge in [0.1, 0.15) is 11.6 Å². The topological polar surface area (TPSA) is 9.23 Å². The minimum absolute atomic E-state index is 0.0263. The van der Waals surface area contributed by atoms with Gasteiger partial charge >= 0.3 is 0 Å². The molecule has 0 amide bonds. The van der Waals surface area contributed by atoms with Crippen LogP contribution in [-0.2, 0) is 6.42 Å². The molecule has 160 valence electrons. The Kier molecular flexibility index (Phi) is 7.78. The van der Waals surface area contributed by atoms with Crippen molar-refractivity contribution < 1.29 is 17.9 Å². The van der Waals surface area contributed by atoms with Gasteiger partial charge < -0.3 is 4.74 Å². The Bertz CT molecular complexity index is 1090. The highest BCUT2D eigenvalue weighted by molar-refractivity contribution is 5.66. The normalized spacial score (nSPS) is 10.5. The Hall–Kier alpha value is -3.19. The lowest BCUT2D eigenvalue weighted by Gasteiger charge is -2.07. The largest absolute Gasteiger partial charge is 0.494 e. The van der Waals surface area contributed by atoms with Crippen LogP contribution in [0.4, 0.5) is 13.2 Å². The zero-order valence-corrected chi connectivity index (χ0v) is 17.8. The molecular formula is C27H25F3O. The summed E-state index contributed by atoms with van der Waals surface area (Å²) in [7, 11) is 0. The van der Waals surface area contributed by atoms with E-state index in [0.29, 0.717) is 41.0 Å². The molecule has 0 bridgehead atoms. The third kappa shape index (κ3) is 5.70. The summed E-state index contributed by atoms with van der Waals surface area (Å²) in [6.45, 7) is 4.38. The third-order valence-corrected chi connectivity index (χ3v) is 5.00. The number of ether oxygens (including phenoxy) is 1. The first kappa shape index (κ1) is 22.5. The second-order valence-corrected chi connectivity index (χ2v) is 7.26. The molecule has 4 heteroatoms. The van der Waals surface area contributed by atoms with Crippen molar-refractivity contribution in [2.24, 2.45) is 0 Å². The van der Waals surface area contributed by atoms with Crippen LogP contribution in [0.5, 0.6) is 5.75 Å². The van der Waals surface area contributed by atoms with Crippen LogP contribution in [0.25, 0.3) is 11.1 Å². The second kappa shape index (κ2) is 10.7. The standard InChI is InChI=1S/C27H25F3O/c1-3-5-6-7-21-14-15-22(27(30)26(21)29)13-10-19-8-11-20(12-9-19)24-17-16-23(31-4-2)18-25(24)28/h8-9,11-12,14-18H,3-7H2,1-2H3. The highest BCUT2D eigenvalue weighted by Gasteiger charge is 2.12. The van der Waals surface area contributed by atoms with Crippen molar-refractivity contribution in [2.75, 3.05) is 6.61 Å². The van der Waals surface area contributed by atoms with Crippen molar-refractivity contribution in [3.8, 4) is 28.7 Å². The lowest BCUT2D eigenvalue weighted by Crippen LogP contribution is -1.98. The van der Waals surface area contributed by atoms with Gasteiger partial charge in [0, 0.05) is 17.2 Å². The van der Waals surface area contributed by atoms with Crippen LogP contribution in [-0.4, -0.2) is 6.61 Å². The Labute approximate surface area is 181 Å². The average Bonchev–Trinajstić information content (AvgIpc) is 2.77. The quantitative estimate of drug-likeness (QED) is 0.287. The number of benzene rings is 3. The molecule has 0 unspecified atom stereocenters. The maximum absolute atomic E-state index is 14.4. The van der Waals surface area contributed by atoms with Crippen LogP contribution < -0.4 is 4.74 Å². The van der Waals surface area contributed by atoms with Gasteiger partial charge in [-0.05, 0) is 61.2 Å². The molecule has 0 atom stereocenters. The Balaban J connectivity index is 1.76. The monoisotopic (exact) mass is 422 g/mol. The molecule has 3 aromatic rings. The minimum atomic E-state index is -0.908. The van der Waals surface area contributed by atoms with E-state index in [1.165, 1.54) is 12.1 Å². The summed E-state index contributed by atoms with van der Waals surface area (Å²) in [6, 6.07) is 14.8. The molecule has 0 saturated heterocycles. The summed E-state index contributed by atoms with van der Waals surface area (Å²) in [4.78, 5) is 0. The van der Waals surface area contributed by atoms with Crippen molar-refractivity contribution in [3.63, 3.8) is 0 Å². The highest BCUT2D eigenvalue weighted by atomic mass is 19.2. The first-order valence-electron chi connectivity index (χ1n) is 10.5. The maximum atomic E-state index is 14.4. The molecule has 0 aliphatic rings. The second-order valence-electron chi connectivity index (χ2n) is 7.26. The van der Waals surface area contributed by atoms with Crippen LogP contribution in [0.1, 0.15) is 49.8 Å². The van der Waals surface area contributed by atoms with Crippen molar-refractivity contribution in [2.45, 2.75) is 39.5 Å². The first-order valence-corrected chi connectivity index (χ1v) is 10.5. The summed E-state index contributed by atoms with van der Waals surface area (Å²) in [5.74, 6) is 3.94. The van der Waals surface area contributed by atoms with E-state index in [-0.39, 0.29) is 11.4 Å². The minimum Gasteiger partial charge on any atom is -0.494 e. The summed E-state index contributed by atoms with van der Waals surface area (Å²) in [5.41, 5.74) is 2.19. The van der Waals surface area contributed by atoms with E-state index < -0.39 is 11.6 Å². The van der Waals surface area contributed by atoms with Crippen molar-refractivity contribution in [1.29, 1.82) is 0 Å². The molecular weight excluding hydrogens is 397 g/mol. The SMILES string of the molecule is CCCCCc1ccc(C#Cc2ccc(-c3ccc(OCC)cc3F)cc2)c(F)c1F. The molecule has 0 aliphatic carbocycles. The van der Waals surface area contributed by atoms with Gasteiger partial charge in [-0.3, -0.25) is 0 Å². The molecule has 0 radical (unpaired) electrons. The molecule has 1 nitrogen and oxygen atoms in total. The van der Waals surface area contributed by atoms with Gasteiger partial charge in [-0.2, -0.15) is 0 Å². The first-order chi connectivity index (χ1) is 15.0. The number of unbranched alkanes of at least 4 members (excludes halogenated alkanes) is 2. The van der Waals surface area contributed by atoms with Gasteiger partial charge in [0.25, 0.3) is 0 Å². The van der Waals surface area contributed by atoms with E-state index in [0.717, 1.165) is 19.3 Å². The lowest BCUT2D eigenvalue weighted by molar-refractivity contribution is 0.338. The molecule has 0 aliphatic heterocycles. The van der Waals surface area contributed by atoms with E-state index in [1.54, 1.807) is 42.5 Å². The van der Waals surface area contributed by atoms with E-state index in [1.807, 2.05) is 6.92 Å². The molecule has 0 saturated carbocycles. The van der Waals surface area contributed by atoms with Gasteiger partial charge in [-0.25, -0.2) is 13.2 Å². The highest BCUT2D eigenvalue weighted by Crippen LogP contribution is 2.26. The fourth-order valence-corrected chi connectivity index (χ4v) is 3.30. The fraction of sp³-hybridized carbons (Fsp3) is 0.259. The fourth-order valence-electron chi connectivity index (χ4n) is 3.30. The Morgan fingerprint density at radius 2 is 1.58 bits per heavy atom. The summed E-state index contributed by atoms with van der Waals surface area (Å²) < 4.78 is 48.3. The van der Waals surface area contributed by atoms with E-state index in [2.05, 4.69) is 18.8 Å². The molecule has 0 aromatic heterocycles. The van der Waals surface area contributed by atoms with Gasteiger partial charge in [0.2, 0.25) is 0 Å². The maximum Gasteiger partial charge on any atom is 0.174 e. The van der Waals surface area contributed by atoms with Crippen LogP contribution >= 0.6 is 0 Å². The van der Waals surface area contributed by atoms with Crippen LogP contribution in [0.2, 0.25) is 0 Å². The van der Waals surface area contributed by atoms with Gasteiger partial charge in [-0.15, -0.1) is 0 Å². The van der Waals surface area contributed by atoms with Crippen LogP contribution in [0.15, 0.2) is 54.6 Å². The van der Waals surface area contributed by atoms with Crippen molar-refractivity contribution in [1.82, 2.24) is 0 Å². The number of aryl methyl sites for hydroxylation is 1. The van der Waals surface area contributed by atoms with Crippen molar-refractivity contribution >= 4 is 0 Å². The van der Waals surface area contributed by atoms with Crippen LogP contribution in [0.3, 0.4) is 0 Å². The zero-order chi connectivity index (χ0) is 22.2. The third-order valence-electron chi connectivity index (χ3n) is 5.00. The number of rotatable bonds is 7. The van der Waals surface area contributed by atoms with Gasteiger partial charge in [0.15, 0.2) is 11.6 Å². The smallest absolute Gasteiger partial charge is 0.174 e. The van der Waals surface area contributed by atoms with Crippen LogP contribution in [0, 0.1) is 29.3 Å². The molecule has 0 fully saturated rings. The molecule has 0 spiro atoms. The molecule has 3 aromatic carbocycles. The molecule has 3 rings (SSSR count). The van der Waals surface area contributed by atoms with E-state index in [9.17, 15) is 13.2 Å². The van der Waals surface area contributed by atoms with E-state index >= 15 is 0 Å². The zero-order valence-electron chi connectivity index (χ0n) is 17.8. The predicted octanol–water partition coefficient (Wildman–Crippen LogP) is 7.30. The summed E-state index contributed by atoms with van der Waals surface area (Å²) >= 11 is 0. The average molecular weight is 422 g/mol. The van der Waals surface area contributed by atoms with E-state index in [4.69, 9.17) is 4.74 Å². The summed E-state index contributed by atoms with van der Waals surface area (Å²) in [5, 5.41) is 0. The van der Waals surface area contributed by atoms with Gasteiger partial charge in [0.05, 0.1) is 12.2 Å². The summed E-state index contributed by atoms with van der Waals surface area (Å²) in [6.07, 6.45) is 3.36. The number of hydrogen-bond acceptors (Lipinski definition) is 1. The molecule has 0 heterocycles. The lowest BCUT2D eigenvalue weighted by atomic mass is 10.0. The number of halogens is 3. The van der Waals surface area contributed by atoms with Gasteiger partial charge in [-0.1, -0.05) is 49.8 Å². The Morgan fingerprint density at radius 3 is 2.26 bits per heavy atom.